The number of allylic oxidation sites excluding steroid dienone is 1. The molecule has 4 aromatic rings. The minimum Gasteiger partial charge on any atom is -0.497 e. The number of nitrogens with one attached hydrogen (secondary N) is 1. The van der Waals surface area contributed by atoms with Crippen molar-refractivity contribution in [3.8, 4) is 5.75 Å². The summed E-state index contributed by atoms with van der Waals surface area (Å²) < 4.78 is 5.41. The van der Waals surface area contributed by atoms with Crippen LogP contribution in [0.5, 0.6) is 5.75 Å². The monoisotopic (exact) mass is 585 g/mol. The average molecular weight is 586 g/mol. The number of hydrogen-bond acceptors (Lipinski definition) is 7. The fourth-order valence-corrected chi connectivity index (χ4v) is 7.29. The maximum absolute atomic E-state index is 14.9. The van der Waals surface area contributed by atoms with Crippen LogP contribution in [0.2, 0.25) is 0 Å². The summed E-state index contributed by atoms with van der Waals surface area (Å²) in [6, 6.07) is 25.2. The van der Waals surface area contributed by atoms with Gasteiger partial charge in [-0.15, -0.1) is 0 Å². The van der Waals surface area contributed by atoms with Gasteiger partial charge in [-0.05, 0) is 42.3 Å². The van der Waals surface area contributed by atoms with Gasteiger partial charge >= 0.3 is 0 Å². The number of anilines is 2. The van der Waals surface area contributed by atoms with Crippen molar-refractivity contribution in [1.29, 1.82) is 0 Å². The second-order valence-corrected chi connectivity index (χ2v) is 11.3. The van der Waals surface area contributed by atoms with E-state index in [4.69, 9.17) is 4.74 Å². The summed E-state index contributed by atoms with van der Waals surface area (Å²) in [5.41, 5.74) is 2.29. The van der Waals surface area contributed by atoms with E-state index in [9.17, 15) is 24.5 Å². The molecule has 4 atom stereocenters. The van der Waals surface area contributed by atoms with Gasteiger partial charge < -0.3 is 15.0 Å². The van der Waals surface area contributed by atoms with Gasteiger partial charge in [-0.1, -0.05) is 66.7 Å². The number of para-hydroxylation sites is 2. The van der Waals surface area contributed by atoms with E-state index in [1.165, 1.54) is 31.4 Å². The molecule has 218 valence electrons. The molecule has 1 fully saturated rings. The van der Waals surface area contributed by atoms with Crippen molar-refractivity contribution in [3.05, 3.63) is 136 Å². The highest BCUT2D eigenvalue weighted by atomic mass is 16.6. The molecule has 3 heterocycles. The molecule has 9 heteroatoms. The van der Waals surface area contributed by atoms with E-state index >= 15 is 0 Å². The Morgan fingerprint density at radius 2 is 1.61 bits per heavy atom. The number of carbonyl (C=O) groups is 3. The number of nitro groups is 1. The van der Waals surface area contributed by atoms with Gasteiger partial charge in [-0.2, -0.15) is 0 Å². The molecule has 7 rings (SSSR count). The van der Waals surface area contributed by atoms with Crippen LogP contribution in [-0.4, -0.2) is 41.6 Å². The second kappa shape index (κ2) is 10.0. The number of benzene rings is 4. The molecular weight excluding hydrogens is 558 g/mol. The second-order valence-electron chi connectivity index (χ2n) is 11.3. The summed E-state index contributed by atoms with van der Waals surface area (Å²) >= 11 is 0. The fraction of sp³-hybridized carbons (Fsp3) is 0.171. The number of ether oxygens (including phenoxy) is 1. The first-order valence-corrected chi connectivity index (χ1v) is 14.2. The van der Waals surface area contributed by atoms with E-state index in [0.29, 0.717) is 22.6 Å². The molecule has 0 aliphatic carbocycles. The Labute approximate surface area is 252 Å². The van der Waals surface area contributed by atoms with Crippen LogP contribution in [-0.2, 0) is 10.2 Å². The Morgan fingerprint density at radius 1 is 0.909 bits per heavy atom. The number of Topliss-reactive ketones (excluding diaryl/α,β-unsaturated/α-hetero) is 2. The van der Waals surface area contributed by atoms with Gasteiger partial charge in [0.05, 0.1) is 24.0 Å². The van der Waals surface area contributed by atoms with Crippen LogP contribution in [0.3, 0.4) is 0 Å². The summed E-state index contributed by atoms with van der Waals surface area (Å²) in [5, 5.41) is 14.7. The maximum atomic E-state index is 14.9. The number of nitro benzene ring substituents is 1. The summed E-state index contributed by atoms with van der Waals surface area (Å²) in [5.74, 6) is -2.07. The van der Waals surface area contributed by atoms with Crippen LogP contribution in [0.15, 0.2) is 103 Å². The largest absolute Gasteiger partial charge is 0.497 e. The van der Waals surface area contributed by atoms with Crippen molar-refractivity contribution >= 4 is 40.1 Å². The van der Waals surface area contributed by atoms with Crippen molar-refractivity contribution in [2.24, 2.45) is 5.92 Å². The van der Waals surface area contributed by atoms with E-state index in [1.807, 2.05) is 54.3 Å². The summed E-state index contributed by atoms with van der Waals surface area (Å²) in [6.07, 6.45) is 1.97. The van der Waals surface area contributed by atoms with E-state index < -0.39 is 40.0 Å². The molecule has 0 radical (unpaired) electrons. The molecule has 0 bridgehead atoms. The van der Waals surface area contributed by atoms with Crippen molar-refractivity contribution in [2.75, 3.05) is 17.3 Å². The molecule has 44 heavy (non-hydrogen) atoms. The number of hydrogen-bond donors (Lipinski definition) is 1. The van der Waals surface area contributed by atoms with Crippen LogP contribution in [0.25, 0.3) is 5.57 Å². The predicted octanol–water partition coefficient (Wildman–Crippen LogP) is 5.85. The topological polar surface area (TPSA) is 119 Å². The normalized spacial score (nSPS) is 22.9. The van der Waals surface area contributed by atoms with E-state index in [1.54, 1.807) is 36.4 Å². The Hall–Kier alpha value is -5.57. The molecular formula is C35H27N3O6. The van der Waals surface area contributed by atoms with Gasteiger partial charge in [0.25, 0.3) is 5.69 Å². The van der Waals surface area contributed by atoms with Crippen LogP contribution in [0.1, 0.15) is 38.8 Å². The van der Waals surface area contributed by atoms with E-state index in [0.717, 1.165) is 16.8 Å². The fourth-order valence-electron chi connectivity index (χ4n) is 7.29. The highest BCUT2D eigenvalue weighted by Gasteiger charge is 2.70. The molecule has 1 amide bonds. The molecule has 1 N–H and O–H groups in total. The third-order valence-corrected chi connectivity index (χ3v) is 9.13. The van der Waals surface area contributed by atoms with Crippen LogP contribution >= 0.6 is 0 Å². The number of amides is 1. The van der Waals surface area contributed by atoms with E-state index in [2.05, 4.69) is 5.32 Å². The number of rotatable bonds is 6. The first-order chi connectivity index (χ1) is 21.3. The zero-order valence-corrected chi connectivity index (χ0v) is 23.9. The third-order valence-electron chi connectivity index (χ3n) is 9.13. The lowest BCUT2D eigenvalue weighted by Gasteiger charge is -2.39. The maximum Gasteiger partial charge on any atom is 0.270 e. The van der Waals surface area contributed by atoms with Gasteiger partial charge in [0.2, 0.25) is 5.91 Å². The number of carbonyl (C=O) groups excluding carboxylic acids is 3. The van der Waals surface area contributed by atoms with Crippen molar-refractivity contribution in [2.45, 2.75) is 24.4 Å². The van der Waals surface area contributed by atoms with Crippen LogP contribution in [0.4, 0.5) is 17.1 Å². The van der Waals surface area contributed by atoms with Gasteiger partial charge in [0.15, 0.2) is 11.6 Å². The molecule has 0 aromatic heterocycles. The zero-order valence-electron chi connectivity index (χ0n) is 23.9. The van der Waals surface area contributed by atoms with Gasteiger partial charge in [-0.25, -0.2) is 0 Å². The lowest BCUT2D eigenvalue weighted by Crippen LogP contribution is -2.51. The predicted molar refractivity (Wildman–Crippen MR) is 165 cm³/mol. The summed E-state index contributed by atoms with van der Waals surface area (Å²) in [4.78, 5) is 57.3. The first kappa shape index (κ1) is 27.3. The molecule has 9 nitrogen and oxygen atoms in total. The Balaban J connectivity index is 1.55. The Morgan fingerprint density at radius 3 is 2.39 bits per heavy atom. The lowest BCUT2D eigenvalue weighted by atomic mass is 9.64. The SMILES string of the molecule is COc1cccc(C(=O)[C@@H]2[C@H](C(=O)c3cccc([N+](=O)[O-])c3)[C@@]3(C(=O)Nc4ccccc43)[C@H]3C=C(C)c4ccccc4N23)c1. The Kier molecular flexibility index (Phi) is 6.21. The van der Waals surface area contributed by atoms with Crippen molar-refractivity contribution < 1.29 is 24.0 Å². The lowest BCUT2D eigenvalue weighted by molar-refractivity contribution is -0.384. The molecule has 0 saturated carbocycles. The molecule has 1 spiro atoms. The summed E-state index contributed by atoms with van der Waals surface area (Å²) in [7, 11) is 1.51. The number of non-ortho nitro benzene ring substituents is 1. The van der Waals surface area contributed by atoms with Gasteiger partial charge in [-0.3, -0.25) is 24.5 Å². The van der Waals surface area contributed by atoms with Gasteiger partial charge in [0.1, 0.15) is 17.2 Å². The third kappa shape index (κ3) is 3.75. The van der Waals surface area contributed by atoms with Crippen LogP contribution < -0.4 is 15.0 Å². The Bertz CT molecular complexity index is 1930. The molecule has 3 aliphatic rings. The number of ketones is 2. The van der Waals surface area contributed by atoms with Crippen LogP contribution in [0, 0.1) is 16.0 Å². The number of methoxy groups -OCH3 is 1. The minimum absolute atomic E-state index is 0.0537. The highest BCUT2D eigenvalue weighted by molar-refractivity contribution is 6.18. The highest BCUT2D eigenvalue weighted by Crippen LogP contribution is 2.59. The minimum atomic E-state index is -1.52. The quantitative estimate of drug-likeness (QED) is 0.171. The van der Waals surface area contributed by atoms with E-state index in [-0.39, 0.29) is 17.0 Å². The zero-order chi connectivity index (χ0) is 30.7. The van der Waals surface area contributed by atoms with Crippen molar-refractivity contribution in [1.82, 2.24) is 0 Å². The smallest absolute Gasteiger partial charge is 0.270 e. The molecule has 3 aliphatic heterocycles. The molecule has 0 unspecified atom stereocenters. The standard InChI is InChI=1S/C35H27N3O6/c1-20-17-29-35(26-14-4-5-15-27(26)36-34(35)41)30(32(39)21-9-7-11-23(18-21)38(42)43)31(37(29)28-16-6-3-13-25(20)28)33(40)22-10-8-12-24(19-22)44-2/h3-19,29-31H,1-2H3,(H,36,41)/t29-,30-,31+,35+/m1/s1. The van der Waals surface area contributed by atoms with Gasteiger partial charge in [0, 0.05) is 40.2 Å². The molecule has 1 saturated heterocycles. The molecule has 4 aromatic carbocycles. The first-order valence-electron chi connectivity index (χ1n) is 14.2. The average Bonchev–Trinajstić information content (AvgIpc) is 3.52. The number of fused-ring (bicyclic) bond motifs is 6. The number of nitrogens with zero attached hydrogens (tertiary/aromatic N) is 2. The summed E-state index contributed by atoms with van der Waals surface area (Å²) in [6.45, 7) is 1.96. The van der Waals surface area contributed by atoms with Crippen molar-refractivity contribution in [3.63, 3.8) is 0 Å².